The largest absolute Gasteiger partial charge is 0.363 e. The molecule has 0 aromatic carbocycles. The molecule has 0 aliphatic carbocycles. The van der Waals surface area contributed by atoms with E-state index in [9.17, 15) is 10.1 Å². The van der Waals surface area contributed by atoms with E-state index in [1.54, 1.807) is 0 Å². The number of nitrogens with one attached hydrogen (secondary N) is 2. The number of amides is 1. The lowest BCUT2D eigenvalue weighted by atomic mass is 9.90. The van der Waals surface area contributed by atoms with Gasteiger partial charge >= 0.3 is 0 Å². The van der Waals surface area contributed by atoms with Crippen LogP contribution < -0.4 is 10.6 Å². The molecule has 25 heavy (non-hydrogen) atoms. The third-order valence-corrected chi connectivity index (χ3v) is 7.05. The van der Waals surface area contributed by atoms with Gasteiger partial charge in [0.25, 0.3) is 0 Å². The van der Waals surface area contributed by atoms with Crippen molar-refractivity contribution in [1.29, 1.82) is 5.26 Å². The van der Waals surface area contributed by atoms with Crippen molar-refractivity contribution >= 4 is 17.7 Å². The van der Waals surface area contributed by atoms with Crippen molar-refractivity contribution in [3.63, 3.8) is 0 Å². The zero-order chi connectivity index (χ0) is 17.6. The van der Waals surface area contributed by atoms with Gasteiger partial charge in [-0.15, -0.1) is 0 Å². The lowest BCUT2D eigenvalue weighted by molar-refractivity contribution is -0.132. The summed E-state index contributed by atoms with van der Waals surface area (Å²) in [5.74, 6) is 0.101. The van der Waals surface area contributed by atoms with Crippen molar-refractivity contribution in [1.82, 2.24) is 20.4 Å². The Kier molecular flexibility index (Phi) is 4.47. The van der Waals surface area contributed by atoms with E-state index in [0.29, 0.717) is 30.5 Å². The molecular weight excluding hydrogens is 334 g/mol. The van der Waals surface area contributed by atoms with E-state index in [0.717, 1.165) is 26.1 Å². The van der Waals surface area contributed by atoms with Crippen LogP contribution in [0.3, 0.4) is 0 Å². The summed E-state index contributed by atoms with van der Waals surface area (Å²) in [5.41, 5.74) is 1.07. The zero-order valence-corrected chi connectivity index (χ0v) is 15.9. The summed E-state index contributed by atoms with van der Waals surface area (Å²) in [4.78, 5) is 18.5. The second kappa shape index (κ2) is 6.49. The number of carbonyl (C=O) groups excluding carboxylic acids is 1. The number of hydrogen-bond acceptors (Lipinski definition) is 6. The molecule has 4 rings (SSSR count). The van der Waals surface area contributed by atoms with Crippen LogP contribution in [0.4, 0.5) is 0 Å². The van der Waals surface area contributed by atoms with Crippen molar-refractivity contribution in [3.05, 3.63) is 10.6 Å². The Bertz CT molecular complexity index is 624. The van der Waals surface area contributed by atoms with Gasteiger partial charge in [-0.05, 0) is 26.7 Å². The van der Waals surface area contributed by atoms with Gasteiger partial charge in [0.15, 0.2) is 0 Å². The maximum Gasteiger partial charge on any atom is 0.224 e. The Morgan fingerprint density at radius 1 is 1.36 bits per heavy atom. The molecule has 3 atom stereocenters. The number of fused-ring (bicyclic) bond motifs is 2. The fourth-order valence-corrected chi connectivity index (χ4v) is 5.85. The van der Waals surface area contributed by atoms with Crippen LogP contribution in [0, 0.1) is 16.7 Å². The Balaban J connectivity index is 1.38. The minimum absolute atomic E-state index is 0.101. The van der Waals surface area contributed by atoms with Crippen LogP contribution >= 0.6 is 11.8 Å². The number of nitrogens with zero attached hydrogens (tertiary/aromatic N) is 3. The molecular formula is C18H27N5OS. The van der Waals surface area contributed by atoms with E-state index in [1.807, 2.05) is 30.5 Å². The van der Waals surface area contributed by atoms with Gasteiger partial charge in [0.2, 0.25) is 5.91 Å². The first-order valence-electron chi connectivity index (χ1n) is 9.29. The van der Waals surface area contributed by atoms with Crippen LogP contribution in [0.25, 0.3) is 0 Å². The van der Waals surface area contributed by atoms with Gasteiger partial charge in [-0.1, -0.05) is 11.8 Å². The average molecular weight is 362 g/mol. The van der Waals surface area contributed by atoms with E-state index < -0.39 is 5.41 Å². The minimum Gasteiger partial charge on any atom is -0.363 e. The predicted molar refractivity (Wildman–Crippen MR) is 98.3 cm³/mol. The lowest BCUT2D eigenvalue weighted by Gasteiger charge is -2.39. The van der Waals surface area contributed by atoms with Gasteiger partial charge < -0.3 is 15.5 Å². The summed E-state index contributed by atoms with van der Waals surface area (Å²) < 4.78 is 0. The lowest BCUT2D eigenvalue weighted by Crippen LogP contribution is -2.57. The standard InChI is InChI=1S/C18H27N5OS/c1-18(2,11-19)7-16(24)22-6-5-14-15(10-22)25-17(21-14)23-12-3-4-13(23)9-20-8-12/h12-13,17,20-21H,3-10H2,1-2H3. The molecule has 0 aromatic rings. The van der Waals surface area contributed by atoms with Crippen LogP contribution in [0.2, 0.25) is 0 Å². The van der Waals surface area contributed by atoms with Gasteiger partial charge in [0, 0.05) is 55.2 Å². The maximum absolute atomic E-state index is 12.6. The molecule has 3 unspecified atom stereocenters. The zero-order valence-electron chi connectivity index (χ0n) is 15.0. The van der Waals surface area contributed by atoms with Crippen molar-refractivity contribution < 1.29 is 4.79 Å². The SMILES string of the molecule is CC(C)(C#N)CC(=O)N1CCC2=C(C1)SC(N1C3CCC1CNC3)N2. The second-order valence-corrected chi connectivity index (χ2v) is 9.42. The fourth-order valence-electron chi connectivity index (χ4n) is 4.38. The highest BCUT2D eigenvalue weighted by atomic mass is 32.2. The Morgan fingerprint density at radius 2 is 2.08 bits per heavy atom. The smallest absolute Gasteiger partial charge is 0.224 e. The fraction of sp³-hybridized carbons (Fsp3) is 0.778. The molecule has 0 spiro atoms. The van der Waals surface area contributed by atoms with E-state index in [1.165, 1.54) is 23.4 Å². The molecule has 4 aliphatic rings. The summed E-state index contributed by atoms with van der Waals surface area (Å²) in [5, 5.41) is 16.4. The van der Waals surface area contributed by atoms with Gasteiger partial charge in [-0.3, -0.25) is 9.69 Å². The first-order chi connectivity index (χ1) is 12.0. The van der Waals surface area contributed by atoms with Crippen LogP contribution in [-0.4, -0.2) is 59.5 Å². The molecule has 4 heterocycles. The third kappa shape index (κ3) is 3.27. The molecule has 2 N–H and O–H groups in total. The normalized spacial score (nSPS) is 32.4. The van der Waals surface area contributed by atoms with Crippen LogP contribution in [-0.2, 0) is 4.79 Å². The molecule has 6 nitrogen and oxygen atoms in total. The van der Waals surface area contributed by atoms with Gasteiger partial charge in [0.05, 0.1) is 18.0 Å². The van der Waals surface area contributed by atoms with Gasteiger partial charge in [-0.25, -0.2) is 0 Å². The van der Waals surface area contributed by atoms with Crippen LogP contribution in [0.5, 0.6) is 0 Å². The quantitative estimate of drug-likeness (QED) is 0.792. The average Bonchev–Trinajstić information content (AvgIpc) is 3.11. The predicted octanol–water partition coefficient (Wildman–Crippen LogP) is 1.43. The Labute approximate surface area is 154 Å². The number of thioether (sulfide) groups is 1. The summed E-state index contributed by atoms with van der Waals surface area (Å²) >= 11 is 1.90. The Morgan fingerprint density at radius 3 is 2.76 bits per heavy atom. The van der Waals surface area contributed by atoms with Gasteiger partial charge in [-0.2, -0.15) is 5.26 Å². The van der Waals surface area contributed by atoms with Crippen molar-refractivity contribution in [3.8, 4) is 6.07 Å². The molecule has 2 bridgehead atoms. The molecule has 2 fully saturated rings. The van der Waals surface area contributed by atoms with Crippen LogP contribution in [0.1, 0.15) is 39.5 Å². The van der Waals surface area contributed by atoms with E-state index >= 15 is 0 Å². The number of nitriles is 1. The molecule has 136 valence electrons. The highest BCUT2D eigenvalue weighted by Gasteiger charge is 2.44. The summed E-state index contributed by atoms with van der Waals surface area (Å²) in [6.07, 6.45) is 3.78. The third-order valence-electron chi connectivity index (χ3n) is 5.81. The number of piperazine rings is 1. The van der Waals surface area contributed by atoms with E-state index in [4.69, 9.17) is 0 Å². The molecule has 1 amide bonds. The monoisotopic (exact) mass is 361 g/mol. The van der Waals surface area contributed by atoms with Crippen molar-refractivity contribution in [2.45, 2.75) is 57.1 Å². The number of carbonyl (C=O) groups is 1. The highest BCUT2D eigenvalue weighted by molar-refractivity contribution is 8.03. The molecule has 4 aliphatic heterocycles. The molecule has 0 aromatic heterocycles. The first-order valence-corrected chi connectivity index (χ1v) is 10.2. The minimum atomic E-state index is -0.588. The van der Waals surface area contributed by atoms with Crippen LogP contribution in [0.15, 0.2) is 10.6 Å². The molecule has 0 saturated carbocycles. The Hall–Kier alpha value is -1.23. The summed E-state index contributed by atoms with van der Waals surface area (Å²) in [7, 11) is 0. The maximum atomic E-state index is 12.6. The van der Waals surface area contributed by atoms with Crippen molar-refractivity contribution in [2.24, 2.45) is 5.41 Å². The van der Waals surface area contributed by atoms with E-state index in [2.05, 4.69) is 21.6 Å². The topological polar surface area (TPSA) is 71.4 Å². The summed E-state index contributed by atoms with van der Waals surface area (Å²) in [6.45, 7) is 7.31. The molecule has 0 radical (unpaired) electrons. The highest BCUT2D eigenvalue weighted by Crippen LogP contribution is 2.41. The first kappa shape index (κ1) is 17.2. The number of hydrogen-bond donors (Lipinski definition) is 2. The number of rotatable bonds is 3. The summed E-state index contributed by atoms with van der Waals surface area (Å²) in [6, 6.07) is 3.51. The van der Waals surface area contributed by atoms with Gasteiger partial charge in [0.1, 0.15) is 5.50 Å². The molecule has 2 saturated heterocycles. The van der Waals surface area contributed by atoms with E-state index in [-0.39, 0.29) is 5.91 Å². The second-order valence-electron chi connectivity index (χ2n) is 8.24. The molecule has 7 heteroatoms. The van der Waals surface area contributed by atoms with Crippen molar-refractivity contribution in [2.75, 3.05) is 26.2 Å².